The summed E-state index contributed by atoms with van der Waals surface area (Å²) in [5.41, 5.74) is 1.75. The van der Waals surface area contributed by atoms with Gasteiger partial charge in [0.1, 0.15) is 0 Å². The number of carbonyl (C=O) groups is 1. The van der Waals surface area contributed by atoms with Gasteiger partial charge >= 0.3 is 6.03 Å². The molecule has 2 aromatic rings. The molecule has 1 heterocycles. The number of rotatable bonds is 3. The normalized spacial score (nSPS) is 11.0. The van der Waals surface area contributed by atoms with E-state index < -0.39 is 16.1 Å². The van der Waals surface area contributed by atoms with Gasteiger partial charge in [-0.05, 0) is 32.4 Å². The number of hydrogen-bond acceptors (Lipinski definition) is 6. The van der Waals surface area contributed by atoms with Crippen LogP contribution in [0, 0.1) is 20.8 Å². The lowest BCUT2D eigenvalue weighted by Crippen LogP contribution is -2.35. The third kappa shape index (κ3) is 3.55. The number of urea groups is 1. The summed E-state index contributed by atoms with van der Waals surface area (Å²) in [5, 5.41) is 9.71. The molecule has 1 aromatic carbocycles. The highest BCUT2D eigenvalue weighted by molar-refractivity contribution is 7.90. The molecule has 2 N–H and O–H groups in total. The topological polar surface area (TPSA) is 114 Å². The predicted molar refractivity (Wildman–Crippen MR) is 79.8 cm³/mol. The van der Waals surface area contributed by atoms with E-state index in [4.69, 9.17) is 0 Å². The molecule has 22 heavy (non-hydrogen) atoms. The summed E-state index contributed by atoms with van der Waals surface area (Å²) >= 11 is 0. The fraction of sp³-hybridized carbons (Fsp3) is 0.231. The van der Waals surface area contributed by atoms with Crippen LogP contribution in [0.2, 0.25) is 0 Å². The third-order valence-corrected chi connectivity index (χ3v) is 4.42. The summed E-state index contributed by atoms with van der Waals surface area (Å²) < 4.78 is 26.2. The van der Waals surface area contributed by atoms with Crippen LogP contribution < -0.4 is 10.0 Å². The lowest BCUT2D eigenvalue weighted by atomic mass is 10.2. The van der Waals surface area contributed by atoms with Crippen LogP contribution in [-0.2, 0) is 10.0 Å². The number of hydrogen-bond donors (Lipinski definition) is 2. The Hall–Kier alpha value is -2.55. The first-order valence-electron chi connectivity index (χ1n) is 6.37. The molecule has 1 aromatic heterocycles. The molecule has 0 aliphatic rings. The van der Waals surface area contributed by atoms with Crippen LogP contribution in [0.5, 0.6) is 0 Å². The Labute approximate surface area is 128 Å². The summed E-state index contributed by atoms with van der Waals surface area (Å²) in [7, 11) is -3.97. The van der Waals surface area contributed by atoms with Crippen LogP contribution in [0.4, 0.5) is 10.7 Å². The van der Waals surface area contributed by atoms with Crippen molar-refractivity contribution >= 4 is 22.0 Å². The van der Waals surface area contributed by atoms with Gasteiger partial charge in [0.15, 0.2) is 0 Å². The Bertz CT molecular complexity index is 820. The van der Waals surface area contributed by atoms with Gasteiger partial charge in [0.05, 0.1) is 16.3 Å². The first-order valence-corrected chi connectivity index (χ1v) is 7.85. The smallest absolute Gasteiger partial charge is 0.274 e. The Morgan fingerprint density at radius 3 is 2.36 bits per heavy atom. The molecule has 2 rings (SSSR count). The fourth-order valence-electron chi connectivity index (χ4n) is 1.67. The van der Waals surface area contributed by atoms with Crippen molar-refractivity contribution in [3.63, 3.8) is 0 Å². The molecule has 0 aliphatic heterocycles. The molecule has 0 saturated heterocycles. The molecule has 0 radical (unpaired) electrons. The Morgan fingerprint density at radius 2 is 1.73 bits per heavy atom. The molecule has 0 bridgehead atoms. The second kappa shape index (κ2) is 6.06. The van der Waals surface area contributed by atoms with Gasteiger partial charge in [-0.1, -0.05) is 18.2 Å². The van der Waals surface area contributed by atoms with E-state index in [1.165, 1.54) is 6.07 Å². The Kier molecular flexibility index (Phi) is 4.36. The lowest BCUT2D eigenvalue weighted by molar-refractivity contribution is 0.256. The molecule has 116 valence electrons. The summed E-state index contributed by atoms with van der Waals surface area (Å²) in [6, 6.07) is 5.40. The highest BCUT2D eigenvalue weighted by Gasteiger charge is 2.20. The van der Waals surface area contributed by atoms with Gasteiger partial charge in [0.25, 0.3) is 16.0 Å². The predicted octanol–water partition coefficient (Wildman–Crippen LogP) is 1.31. The van der Waals surface area contributed by atoms with Crippen molar-refractivity contribution in [2.45, 2.75) is 25.7 Å². The summed E-state index contributed by atoms with van der Waals surface area (Å²) in [6.45, 7) is 5.07. The number of nitrogens with zero attached hydrogens (tertiary/aromatic N) is 3. The van der Waals surface area contributed by atoms with Gasteiger partial charge in [-0.3, -0.25) is 5.32 Å². The molecule has 2 amide bonds. The molecule has 0 unspecified atom stereocenters. The molecular formula is C13H15N5O3S. The summed E-state index contributed by atoms with van der Waals surface area (Å²) in [5.74, 6) is -0.0689. The van der Waals surface area contributed by atoms with E-state index in [1.807, 2.05) is 4.72 Å². The SMILES string of the molecule is Cc1ccccc1S(=O)(=O)NC(=O)Nc1nnc(C)c(C)n1. The number of carbonyl (C=O) groups excluding carboxylic acids is 1. The largest absolute Gasteiger partial charge is 0.335 e. The molecule has 0 saturated carbocycles. The van der Waals surface area contributed by atoms with E-state index in [1.54, 1.807) is 39.0 Å². The van der Waals surface area contributed by atoms with Crippen LogP contribution in [0.15, 0.2) is 29.2 Å². The maximum atomic E-state index is 12.1. The molecular weight excluding hydrogens is 306 g/mol. The molecule has 0 spiro atoms. The van der Waals surface area contributed by atoms with Crippen molar-refractivity contribution < 1.29 is 13.2 Å². The minimum absolute atomic E-state index is 0.0317. The van der Waals surface area contributed by atoms with Crippen LogP contribution in [-0.4, -0.2) is 29.6 Å². The average Bonchev–Trinajstić information content (AvgIpc) is 2.42. The number of benzene rings is 1. The van der Waals surface area contributed by atoms with E-state index in [0.29, 0.717) is 17.0 Å². The van der Waals surface area contributed by atoms with E-state index in [9.17, 15) is 13.2 Å². The summed E-state index contributed by atoms with van der Waals surface area (Å²) in [4.78, 5) is 15.8. The minimum atomic E-state index is -3.97. The van der Waals surface area contributed by atoms with E-state index in [2.05, 4.69) is 20.5 Å². The van der Waals surface area contributed by atoms with Gasteiger partial charge < -0.3 is 0 Å². The number of sulfonamides is 1. The maximum absolute atomic E-state index is 12.1. The Morgan fingerprint density at radius 1 is 1.05 bits per heavy atom. The monoisotopic (exact) mass is 321 g/mol. The van der Waals surface area contributed by atoms with Gasteiger partial charge in [-0.2, -0.15) is 5.10 Å². The first kappa shape index (κ1) is 15.8. The van der Waals surface area contributed by atoms with E-state index in [0.717, 1.165) is 0 Å². The van der Waals surface area contributed by atoms with E-state index >= 15 is 0 Å². The zero-order chi connectivity index (χ0) is 16.3. The van der Waals surface area contributed by atoms with Crippen molar-refractivity contribution in [1.29, 1.82) is 0 Å². The number of amides is 2. The fourth-order valence-corrected chi connectivity index (χ4v) is 2.83. The van der Waals surface area contributed by atoms with Crippen molar-refractivity contribution in [1.82, 2.24) is 19.9 Å². The third-order valence-electron chi connectivity index (χ3n) is 2.93. The highest BCUT2D eigenvalue weighted by atomic mass is 32.2. The molecule has 0 aliphatic carbocycles. The van der Waals surface area contributed by atoms with Crippen LogP contribution in [0.3, 0.4) is 0 Å². The molecule has 0 fully saturated rings. The minimum Gasteiger partial charge on any atom is -0.274 e. The second-order valence-electron chi connectivity index (χ2n) is 4.63. The first-order chi connectivity index (χ1) is 10.3. The van der Waals surface area contributed by atoms with Crippen LogP contribution in [0.1, 0.15) is 17.0 Å². The molecule has 0 atom stereocenters. The summed E-state index contributed by atoms with van der Waals surface area (Å²) in [6.07, 6.45) is 0. The van der Waals surface area contributed by atoms with Crippen LogP contribution >= 0.6 is 0 Å². The number of anilines is 1. The van der Waals surface area contributed by atoms with Gasteiger partial charge in [-0.15, -0.1) is 5.10 Å². The van der Waals surface area contributed by atoms with E-state index in [-0.39, 0.29) is 10.8 Å². The maximum Gasteiger partial charge on any atom is 0.335 e. The van der Waals surface area contributed by atoms with Crippen molar-refractivity contribution in [2.24, 2.45) is 0 Å². The van der Waals surface area contributed by atoms with Gasteiger partial charge in [-0.25, -0.2) is 22.9 Å². The second-order valence-corrected chi connectivity index (χ2v) is 6.28. The molecule has 9 heteroatoms. The standard InChI is InChI=1S/C13H15N5O3S/c1-8-6-4-5-7-11(8)22(20,21)18-13(19)15-12-14-9(2)10(3)16-17-12/h4-7H,1-3H3,(H2,14,15,17,18,19). The zero-order valence-corrected chi connectivity index (χ0v) is 13.1. The Balaban J connectivity index is 2.14. The number of nitrogens with one attached hydrogen (secondary N) is 2. The zero-order valence-electron chi connectivity index (χ0n) is 12.3. The van der Waals surface area contributed by atoms with Crippen LogP contribution in [0.25, 0.3) is 0 Å². The number of aryl methyl sites for hydroxylation is 3. The van der Waals surface area contributed by atoms with Crippen molar-refractivity contribution in [2.75, 3.05) is 5.32 Å². The average molecular weight is 321 g/mol. The molecule has 8 nitrogen and oxygen atoms in total. The quantitative estimate of drug-likeness (QED) is 0.881. The van der Waals surface area contributed by atoms with Crippen molar-refractivity contribution in [3.8, 4) is 0 Å². The highest BCUT2D eigenvalue weighted by Crippen LogP contribution is 2.13. The number of aromatic nitrogens is 3. The van der Waals surface area contributed by atoms with Crippen molar-refractivity contribution in [3.05, 3.63) is 41.2 Å². The van der Waals surface area contributed by atoms with Gasteiger partial charge in [0.2, 0.25) is 0 Å². The lowest BCUT2D eigenvalue weighted by Gasteiger charge is -2.09. The van der Waals surface area contributed by atoms with Gasteiger partial charge in [0, 0.05) is 0 Å².